The van der Waals surface area contributed by atoms with Crippen LogP contribution in [0.5, 0.6) is 0 Å². The molecule has 0 aromatic carbocycles. The molecule has 10 heteroatoms. The van der Waals surface area contributed by atoms with Gasteiger partial charge in [-0.1, -0.05) is 0 Å². The highest BCUT2D eigenvalue weighted by atomic mass is 35.5. The van der Waals surface area contributed by atoms with Gasteiger partial charge in [0.2, 0.25) is 11.0 Å². The lowest BCUT2D eigenvalue weighted by molar-refractivity contribution is -0.211. The largest absolute Gasteiger partial charge is 0.364 e. The Balaban J connectivity index is 1.54. The fourth-order valence-electron chi connectivity index (χ4n) is 6.56. The first-order chi connectivity index (χ1) is 13.2. The zero-order valence-electron chi connectivity index (χ0n) is 15.5. The predicted molar refractivity (Wildman–Crippen MR) is 95.6 cm³/mol. The van der Waals surface area contributed by atoms with E-state index in [1.807, 2.05) is 0 Å². The quantitative estimate of drug-likeness (QED) is 0.825. The molecule has 1 aliphatic heterocycles. The number of nitrogens with zero attached hydrogens (tertiary/aromatic N) is 5. The van der Waals surface area contributed by atoms with Crippen LogP contribution in [0, 0.1) is 17.3 Å². The molecular formula is C18H22ClF2N5O2. The molecule has 1 aromatic heterocycles. The predicted octanol–water partition coefficient (Wildman–Crippen LogP) is 2.79. The maximum atomic E-state index is 13.7. The second-order valence-electron chi connectivity index (χ2n) is 9.23. The van der Waals surface area contributed by atoms with Gasteiger partial charge in [0.15, 0.2) is 0 Å². The standard InChI is InChI=1S/C18H22ClF2N5O2/c1-10-3-18(28,13(20)21)26(23-10)14(27)16-4-11-2-12(5-16)7-17(6-11,8-16)25-9-22-15(19)24-25/h9,11-13,28H,2-8H2,1H3/t11-,12+,16?,17?,18-/m1/s1. The number of aliphatic hydroxyl groups is 1. The third-order valence-electron chi connectivity index (χ3n) is 7.13. The Hall–Kier alpha value is -1.61. The van der Waals surface area contributed by atoms with Gasteiger partial charge < -0.3 is 5.11 Å². The fourth-order valence-corrected chi connectivity index (χ4v) is 6.69. The summed E-state index contributed by atoms with van der Waals surface area (Å²) in [5, 5.41) is 19.7. The van der Waals surface area contributed by atoms with Gasteiger partial charge in [-0.25, -0.2) is 18.4 Å². The Morgan fingerprint density at radius 1 is 1.32 bits per heavy atom. The summed E-state index contributed by atoms with van der Waals surface area (Å²) in [4.78, 5) is 17.6. The Labute approximate surface area is 165 Å². The number of hydrogen-bond donors (Lipinski definition) is 1. The average Bonchev–Trinajstić information content (AvgIpc) is 3.17. The minimum atomic E-state index is -3.09. The first-order valence-corrected chi connectivity index (χ1v) is 10.0. The van der Waals surface area contributed by atoms with Gasteiger partial charge in [-0.05, 0) is 68.9 Å². The molecule has 0 radical (unpaired) electrons. The van der Waals surface area contributed by atoms with Crippen LogP contribution in [0.15, 0.2) is 11.4 Å². The second kappa shape index (κ2) is 5.72. The third-order valence-corrected chi connectivity index (χ3v) is 7.30. The number of hydrazone groups is 1. The van der Waals surface area contributed by atoms with Crippen molar-refractivity contribution in [3.8, 4) is 0 Å². The topological polar surface area (TPSA) is 83.6 Å². The zero-order chi connectivity index (χ0) is 19.9. The second-order valence-corrected chi connectivity index (χ2v) is 9.57. The summed E-state index contributed by atoms with van der Waals surface area (Å²) in [6.45, 7) is 1.55. The number of halogens is 3. The van der Waals surface area contributed by atoms with Gasteiger partial charge in [0.1, 0.15) is 6.33 Å². The molecule has 28 heavy (non-hydrogen) atoms. The van der Waals surface area contributed by atoms with Crippen LogP contribution in [-0.4, -0.2) is 48.6 Å². The van der Waals surface area contributed by atoms with E-state index in [9.17, 15) is 18.7 Å². The van der Waals surface area contributed by atoms with Gasteiger partial charge in [-0.15, -0.1) is 5.10 Å². The highest BCUT2D eigenvalue weighted by Crippen LogP contribution is 2.65. The molecule has 4 fully saturated rings. The van der Waals surface area contributed by atoms with E-state index in [1.54, 1.807) is 17.9 Å². The van der Waals surface area contributed by atoms with Crippen molar-refractivity contribution in [2.24, 2.45) is 22.4 Å². The molecule has 4 saturated carbocycles. The number of hydrogen-bond acceptors (Lipinski definition) is 5. The number of carbonyl (C=O) groups is 1. The van der Waals surface area contributed by atoms with Gasteiger partial charge in [-0.3, -0.25) is 4.79 Å². The van der Waals surface area contributed by atoms with Crippen molar-refractivity contribution >= 4 is 23.2 Å². The zero-order valence-corrected chi connectivity index (χ0v) is 16.2. The van der Waals surface area contributed by atoms with Crippen LogP contribution in [0.3, 0.4) is 0 Å². The molecule has 5 atom stereocenters. The van der Waals surface area contributed by atoms with E-state index in [0.717, 1.165) is 19.3 Å². The summed E-state index contributed by atoms with van der Waals surface area (Å²) < 4.78 is 29.1. The van der Waals surface area contributed by atoms with Crippen molar-refractivity contribution in [3.05, 3.63) is 11.6 Å². The van der Waals surface area contributed by atoms with Crippen LogP contribution in [0.25, 0.3) is 0 Å². The number of alkyl halides is 2. The molecule has 4 bridgehead atoms. The first kappa shape index (κ1) is 18.4. The van der Waals surface area contributed by atoms with Crippen molar-refractivity contribution in [2.45, 2.75) is 69.6 Å². The molecule has 6 rings (SSSR count). The van der Waals surface area contributed by atoms with Crippen LogP contribution in [-0.2, 0) is 10.3 Å². The van der Waals surface area contributed by atoms with Crippen molar-refractivity contribution in [1.82, 2.24) is 19.8 Å². The van der Waals surface area contributed by atoms with Crippen LogP contribution in [0.1, 0.15) is 51.9 Å². The van der Waals surface area contributed by atoms with Crippen LogP contribution < -0.4 is 0 Å². The fraction of sp³-hybridized carbons (Fsp3) is 0.778. The lowest BCUT2D eigenvalue weighted by Crippen LogP contribution is -2.63. The molecule has 1 N–H and O–H groups in total. The minimum Gasteiger partial charge on any atom is -0.364 e. The molecule has 0 saturated heterocycles. The number of rotatable bonds is 3. The van der Waals surface area contributed by atoms with E-state index >= 15 is 0 Å². The van der Waals surface area contributed by atoms with Gasteiger partial charge in [0.25, 0.3) is 12.3 Å². The SMILES string of the molecule is CC1=NN(C(=O)C23C[C@H]4C[C@@H](C2)CC(n2cnc(Cl)n2)(C4)C3)[C@](O)(C(F)F)C1. The molecule has 5 aliphatic rings. The van der Waals surface area contributed by atoms with Gasteiger partial charge >= 0.3 is 0 Å². The summed E-state index contributed by atoms with van der Waals surface area (Å²) in [6.07, 6.45) is 2.71. The highest BCUT2D eigenvalue weighted by molar-refractivity contribution is 6.28. The summed E-state index contributed by atoms with van der Waals surface area (Å²) >= 11 is 5.94. The molecule has 7 nitrogen and oxygen atoms in total. The average molecular weight is 414 g/mol. The summed E-state index contributed by atoms with van der Waals surface area (Å²) in [5.41, 5.74) is -3.44. The number of amides is 1. The van der Waals surface area contributed by atoms with Crippen molar-refractivity contribution in [2.75, 3.05) is 0 Å². The van der Waals surface area contributed by atoms with Crippen LogP contribution in [0.2, 0.25) is 5.28 Å². The van der Waals surface area contributed by atoms with E-state index in [0.29, 0.717) is 41.8 Å². The summed E-state index contributed by atoms with van der Waals surface area (Å²) in [6, 6.07) is 0. The Kier molecular flexibility index (Phi) is 3.76. The maximum absolute atomic E-state index is 13.7. The van der Waals surface area contributed by atoms with Crippen molar-refractivity contribution < 1.29 is 18.7 Å². The molecule has 2 unspecified atom stereocenters. The number of carbonyl (C=O) groups excluding carboxylic acids is 1. The van der Waals surface area contributed by atoms with E-state index in [4.69, 9.17) is 11.6 Å². The Morgan fingerprint density at radius 2 is 2.00 bits per heavy atom. The molecule has 1 aromatic rings. The van der Waals surface area contributed by atoms with E-state index < -0.39 is 23.5 Å². The summed E-state index contributed by atoms with van der Waals surface area (Å²) in [7, 11) is 0. The lowest BCUT2D eigenvalue weighted by Gasteiger charge is -2.61. The smallest absolute Gasteiger partial charge is 0.287 e. The molecule has 1 amide bonds. The van der Waals surface area contributed by atoms with Gasteiger partial charge in [0, 0.05) is 12.1 Å². The van der Waals surface area contributed by atoms with Crippen LogP contribution >= 0.6 is 11.6 Å². The minimum absolute atomic E-state index is 0.156. The molecule has 2 heterocycles. The van der Waals surface area contributed by atoms with Crippen molar-refractivity contribution in [3.63, 3.8) is 0 Å². The Morgan fingerprint density at radius 3 is 2.57 bits per heavy atom. The lowest BCUT2D eigenvalue weighted by atomic mass is 9.46. The monoisotopic (exact) mass is 413 g/mol. The number of aromatic nitrogens is 3. The third kappa shape index (κ3) is 2.41. The van der Waals surface area contributed by atoms with Gasteiger partial charge in [0.05, 0.1) is 11.0 Å². The molecule has 4 aliphatic carbocycles. The van der Waals surface area contributed by atoms with Crippen LogP contribution in [0.4, 0.5) is 8.78 Å². The highest BCUT2D eigenvalue weighted by Gasteiger charge is 2.65. The van der Waals surface area contributed by atoms with E-state index in [2.05, 4.69) is 15.2 Å². The summed E-state index contributed by atoms with van der Waals surface area (Å²) in [5.74, 6) is 0.123. The normalized spacial score (nSPS) is 41.8. The van der Waals surface area contributed by atoms with Crippen molar-refractivity contribution in [1.29, 1.82) is 0 Å². The van der Waals surface area contributed by atoms with E-state index in [1.165, 1.54) is 0 Å². The van der Waals surface area contributed by atoms with Gasteiger partial charge in [-0.2, -0.15) is 10.1 Å². The molecule has 152 valence electrons. The molecular weight excluding hydrogens is 392 g/mol. The van der Waals surface area contributed by atoms with E-state index in [-0.39, 0.29) is 17.2 Å². The first-order valence-electron chi connectivity index (χ1n) is 9.63. The maximum Gasteiger partial charge on any atom is 0.287 e. The Bertz CT molecular complexity index is 860. The molecule has 0 spiro atoms.